The minimum absolute atomic E-state index is 0.0385. The number of likely N-dealkylation sites (tertiary alicyclic amines) is 2. The van der Waals surface area contributed by atoms with Crippen LogP contribution in [0.25, 0.3) is 0 Å². The smallest absolute Gasteiger partial charge is 0.224 e. The Morgan fingerprint density at radius 3 is 1.81 bits per heavy atom. The molecule has 0 aromatic rings. The number of rotatable bonds is 28. The van der Waals surface area contributed by atoms with Crippen LogP contribution in [-0.2, 0) is 38.1 Å². The molecule has 438 valence electrons. The molecule has 0 spiro atoms. The zero-order valence-corrected chi connectivity index (χ0v) is 49.1. The molecule has 7 aliphatic rings. The molecule has 79 heavy (non-hydrogen) atoms. The molecule has 7 rings (SSSR count). The minimum Gasteiger partial charge on any atom is -0.405 e. The fraction of sp³-hybridized carbons (Fsp3) is 0.667. The Morgan fingerprint density at radius 1 is 0.747 bits per heavy atom. The molecule has 16 heteroatoms. The SMILES string of the molecule is C=C.C=C(/C=C(C#N)/C(=C/CC)N1CC(C(=O)NCCOCCOCCOCCOCCOCCNC(=O)C2CCC(C3CCC4C(CCCN4C(C)=O)C3)CC2)CC(C2C3=C4CCC(=C2CC3)C4)C1)[N+](=C)C.N/C=C/C=C/Cl. The van der Waals surface area contributed by atoms with Crippen molar-refractivity contribution in [2.45, 2.75) is 123 Å². The van der Waals surface area contributed by atoms with Gasteiger partial charge in [-0.25, -0.2) is 4.58 Å². The maximum Gasteiger partial charge on any atom is 0.224 e. The van der Waals surface area contributed by atoms with Gasteiger partial charge in [0.05, 0.1) is 83.3 Å². The van der Waals surface area contributed by atoms with Crippen LogP contribution in [0.5, 0.6) is 0 Å². The highest BCUT2D eigenvalue weighted by Gasteiger charge is 2.46. The number of fused-ring (bicyclic) bond motifs is 5. The van der Waals surface area contributed by atoms with Crippen LogP contribution in [0.1, 0.15) is 117 Å². The second kappa shape index (κ2) is 35.8. The van der Waals surface area contributed by atoms with Crippen LogP contribution < -0.4 is 16.4 Å². The first kappa shape index (κ1) is 65.0. The molecule has 4 N–H and O–H groups in total. The van der Waals surface area contributed by atoms with Crippen LogP contribution >= 0.6 is 11.6 Å². The van der Waals surface area contributed by atoms with Gasteiger partial charge in [0.1, 0.15) is 19.8 Å². The number of carbonyl (C=O) groups excluding carboxylic acids is 3. The first-order chi connectivity index (χ1) is 38.5. The van der Waals surface area contributed by atoms with E-state index in [-0.39, 0.29) is 29.6 Å². The predicted octanol–water partition coefficient (Wildman–Crippen LogP) is 9.29. The monoisotopic (exact) mass is 1110 g/mol. The Balaban J connectivity index is 0.00000134. The lowest BCUT2D eigenvalue weighted by atomic mass is 9.65. The van der Waals surface area contributed by atoms with Gasteiger partial charge in [0.15, 0.2) is 5.70 Å². The summed E-state index contributed by atoms with van der Waals surface area (Å²) in [4.78, 5) is 43.3. The molecule has 5 unspecified atom stereocenters. The summed E-state index contributed by atoms with van der Waals surface area (Å²) in [6, 6.07) is 2.89. The van der Waals surface area contributed by atoms with E-state index in [9.17, 15) is 19.6 Å². The fourth-order valence-corrected chi connectivity index (χ4v) is 13.6. The van der Waals surface area contributed by atoms with E-state index < -0.39 is 0 Å². The molecule has 0 aromatic carbocycles. The average molecular weight is 1120 g/mol. The van der Waals surface area contributed by atoms with Crippen molar-refractivity contribution in [2.24, 2.45) is 47.2 Å². The highest BCUT2D eigenvalue weighted by atomic mass is 35.5. The number of ether oxygens (including phenoxy) is 5. The van der Waals surface area contributed by atoms with Crippen molar-refractivity contribution < 1.29 is 42.6 Å². The normalized spacial score (nSPS) is 25.1. The Labute approximate surface area is 479 Å². The highest BCUT2D eigenvalue weighted by molar-refractivity contribution is 6.25. The first-order valence-electron chi connectivity index (χ1n) is 29.5. The Bertz CT molecular complexity index is 2190. The van der Waals surface area contributed by atoms with Crippen LogP contribution in [-0.4, -0.2) is 151 Å². The average Bonchev–Trinajstić information content (AvgIpc) is 4.31. The molecular weight excluding hydrogens is 1020 g/mol. The van der Waals surface area contributed by atoms with Gasteiger partial charge in [-0.2, -0.15) is 5.26 Å². The number of piperidine rings is 2. The minimum atomic E-state index is -0.211. The van der Waals surface area contributed by atoms with Crippen molar-refractivity contribution in [3.8, 4) is 6.07 Å². The lowest BCUT2D eigenvalue weighted by Crippen LogP contribution is -2.50. The van der Waals surface area contributed by atoms with E-state index in [1.54, 1.807) is 45.9 Å². The third-order valence-corrected chi connectivity index (χ3v) is 17.3. The summed E-state index contributed by atoms with van der Waals surface area (Å²) in [5.74, 6) is 3.18. The third kappa shape index (κ3) is 20.0. The summed E-state index contributed by atoms with van der Waals surface area (Å²) in [6.45, 7) is 25.6. The number of halogens is 1. The molecule has 4 saturated carbocycles. The number of hydrogen-bond acceptors (Lipinski definition) is 11. The maximum absolute atomic E-state index is 13.9. The largest absolute Gasteiger partial charge is 0.405 e. The van der Waals surface area contributed by atoms with Crippen LogP contribution in [0.2, 0.25) is 0 Å². The van der Waals surface area contributed by atoms with E-state index in [1.807, 2.05) is 13.1 Å². The quantitative estimate of drug-likeness (QED) is 0.0170. The highest BCUT2D eigenvalue weighted by Crippen LogP contribution is 2.56. The molecule has 2 saturated heterocycles. The van der Waals surface area contributed by atoms with Crippen LogP contribution in [0.15, 0.2) is 95.0 Å². The van der Waals surface area contributed by atoms with E-state index in [2.05, 4.69) is 66.0 Å². The van der Waals surface area contributed by atoms with Gasteiger partial charge < -0.3 is 49.9 Å². The Hall–Kier alpha value is -4.82. The van der Waals surface area contributed by atoms with Gasteiger partial charge in [0.2, 0.25) is 17.7 Å². The number of nitriles is 1. The lowest BCUT2D eigenvalue weighted by Gasteiger charge is -2.48. The van der Waals surface area contributed by atoms with E-state index in [4.69, 9.17) is 41.0 Å². The molecule has 2 heterocycles. The summed E-state index contributed by atoms with van der Waals surface area (Å²) < 4.78 is 30.1. The van der Waals surface area contributed by atoms with Crippen molar-refractivity contribution in [1.29, 1.82) is 5.26 Å². The van der Waals surface area contributed by atoms with Crippen LogP contribution in [0.4, 0.5) is 0 Å². The number of allylic oxidation sites excluding steroid dienone is 9. The first-order valence-corrected chi connectivity index (χ1v) is 30.0. The van der Waals surface area contributed by atoms with Crippen LogP contribution in [0.3, 0.4) is 0 Å². The number of amides is 3. The zero-order chi connectivity index (χ0) is 56.9. The summed E-state index contributed by atoms with van der Waals surface area (Å²) in [5.41, 5.74) is 15.0. The van der Waals surface area contributed by atoms with Gasteiger partial charge in [-0.05, 0) is 151 Å². The van der Waals surface area contributed by atoms with E-state index in [0.717, 1.165) is 101 Å². The zero-order valence-electron chi connectivity index (χ0n) is 48.3. The van der Waals surface area contributed by atoms with Crippen molar-refractivity contribution in [1.82, 2.24) is 20.4 Å². The van der Waals surface area contributed by atoms with Crippen molar-refractivity contribution in [3.63, 3.8) is 0 Å². The van der Waals surface area contributed by atoms with Crippen molar-refractivity contribution >= 4 is 36.0 Å². The van der Waals surface area contributed by atoms with E-state index >= 15 is 0 Å². The molecular formula is C63H97ClN7O8+. The lowest BCUT2D eigenvalue weighted by molar-refractivity contribution is -0.427. The van der Waals surface area contributed by atoms with Crippen molar-refractivity contribution in [2.75, 3.05) is 106 Å². The maximum atomic E-state index is 13.9. The number of nitrogens with two attached hydrogens (primary N) is 1. The molecule has 0 aromatic heterocycles. The number of nitrogens with zero attached hydrogens (tertiary/aromatic N) is 4. The van der Waals surface area contributed by atoms with Gasteiger partial charge in [-0.1, -0.05) is 46.9 Å². The molecule has 4 bridgehead atoms. The van der Waals surface area contributed by atoms with Crippen LogP contribution in [0, 0.1) is 52.8 Å². The number of likely N-dealkylation sites (N-methyl/N-ethyl adjacent to an activating group) is 1. The second-order valence-electron chi connectivity index (χ2n) is 22.1. The summed E-state index contributed by atoms with van der Waals surface area (Å²) >= 11 is 5.09. The number of nitrogens with one attached hydrogen (secondary N) is 2. The van der Waals surface area contributed by atoms with E-state index in [0.29, 0.717) is 121 Å². The summed E-state index contributed by atoms with van der Waals surface area (Å²) in [5, 5.41) is 16.6. The second-order valence-corrected chi connectivity index (χ2v) is 22.3. The number of hydrogen-bond donors (Lipinski definition) is 3. The standard InChI is InChI=1S/C57H86N6O8.C4H6ClN.C2H4/c1-6-8-53(48(37-58)33-40(2)61(4)5)62-38-49(55-51-17-18-52(55)46-15-14-45(51)35-46)36-50(39-62)57(66)60-21-24-68-26-28-70-30-32-71-31-29-69-27-25-67-23-20-59-56(65)43-12-10-42(11-13-43)44-16-19-54-47(34-44)9-7-22-63(54)41(3)64;5-3-1-2-4-6;1-2/h8,33,42-44,47,49-50,54-55H,2,4,6-7,9-32,34-36,38-39H2,1,3,5H3,(H-,59,60,65,66);1-4H,6H2;1-2H2/p+1/b48-33+,53-8-;3-1+,4-2+;. The third-order valence-electron chi connectivity index (χ3n) is 17.2. The molecule has 5 atom stereocenters. The molecule has 0 radical (unpaired) electrons. The van der Waals surface area contributed by atoms with Gasteiger partial charge in [-0.3, -0.25) is 14.4 Å². The topological polar surface area (TPSA) is 181 Å². The molecule has 3 amide bonds. The Kier molecular flexibility index (Phi) is 29.5. The van der Waals surface area contributed by atoms with Gasteiger partial charge in [0.25, 0.3) is 0 Å². The molecule has 15 nitrogen and oxygen atoms in total. The number of carbonyl (C=O) groups is 3. The fourth-order valence-electron chi connectivity index (χ4n) is 13.5. The predicted molar refractivity (Wildman–Crippen MR) is 315 cm³/mol. The molecule has 6 fully saturated rings. The summed E-state index contributed by atoms with van der Waals surface area (Å²) in [7, 11) is 1.82. The molecule has 5 aliphatic carbocycles. The van der Waals surface area contributed by atoms with Gasteiger partial charge in [-0.15, -0.1) is 13.2 Å². The van der Waals surface area contributed by atoms with Gasteiger partial charge >= 0.3 is 0 Å². The molecule has 2 aliphatic heterocycles. The van der Waals surface area contributed by atoms with Crippen molar-refractivity contribution in [3.05, 3.63) is 95.0 Å². The van der Waals surface area contributed by atoms with E-state index in [1.165, 1.54) is 43.8 Å². The Morgan fingerprint density at radius 2 is 1.30 bits per heavy atom. The summed E-state index contributed by atoms with van der Waals surface area (Å²) in [6.07, 6.45) is 26.3. The van der Waals surface area contributed by atoms with Gasteiger partial charge in [0, 0.05) is 69.1 Å².